The minimum atomic E-state index is -4.46. The number of nitrogens with two attached hydrogens (primary N) is 1. The molecule has 18 heavy (non-hydrogen) atoms. The minimum Gasteiger partial charge on any atom is -0.342 e. The van der Waals surface area contributed by atoms with E-state index >= 15 is 0 Å². The summed E-state index contributed by atoms with van der Waals surface area (Å²) in [5.74, 6) is 4.16. The van der Waals surface area contributed by atoms with Crippen LogP contribution < -0.4 is 11.1 Å². The Kier molecular flexibility index (Phi) is 4.68. The molecular weight excluding hydrogens is 247 g/mol. The third-order valence-electron chi connectivity index (χ3n) is 1.80. The Labute approximate surface area is 101 Å². The van der Waals surface area contributed by atoms with E-state index in [-0.39, 0.29) is 17.8 Å². The van der Waals surface area contributed by atoms with Gasteiger partial charge in [0, 0.05) is 6.20 Å². The Morgan fingerprint density at radius 1 is 1.50 bits per heavy atom. The fourth-order valence-corrected chi connectivity index (χ4v) is 1.10. The summed E-state index contributed by atoms with van der Waals surface area (Å²) in [6.45, 7) is -1.33. The summed E-state index contributed by atoms with van der Waals surface area (Å²) >= 11 is 0. The van der Waals surface area contributed by atoms with Crippen LogP contribution in [0, 0.1) is 11.8 Å². The van der Waals surface area contributed by atoms with E-state index in [4.69, 9.17) is 5.73 Å². The second-order valence-corrected chi connectivity index (χ2v) is 3.20. The van der Waals surface area contributed by atoms with Gasteiger partial charge in [-0.25, -0.2) is 4.98 Å². The standard InChI is InChI=1S/C11H10F3N3O/c12-11(13,14)7-17-10(18)9-8(3-1-5-15)4-2-6-16-9/h2,4,6H,5,7,15H2,(H,17,18). The van der Waals surface area contributed by atoms with Gasteiger partial charge in [-0.15, -0.1) is 0 Å². The summed E-state index contributed by atoms with van der Waals surface area (Å²) in [4.78, 5) is 15.2. The van der Waals surface area contributed by atoms with Crippen molar-refractivity contribution in [1.29, 1.82) is 0 Å². The zero-order valence-corrected chi connectivity index (χ0v) is 9.21. The van der Waals surface area contributed by atoms with Crippen molar-refractivity contribution < 1.29 is 18.0 Å². The van der Waals surface area contributed by atoms with Gasteiger partial charge in [-0.2, -0.15) is 13.2 Å². The van der Waals surface area contributed by atoms with Gasteiger partial charge in [0.05, 0.1) is 12.1 Å². The molecule has 3 N–H and O–H groups in total. The highest BCUT2D eigenvalue weighted by Gasteiger charge is 2.28. The Morgan fingerprint density at radius 2 is 2.22 bits per heavy atom. The van der Waals surface area contributed by atoms with Gasteiger partial charge in [-0.3, -0.25) is 4.79 Å². The van der Waals surface area contributed by atoms with E-state index in [2.05, 4.69) is 16.8 Å². The molecule has 0 atom stereocenters. The van der Waals surface area contributed by atoms with Crippen LogP contribution in [0.25, 0.3) is 0 Å². The summed E-state index contributed by atoms with van der Waals surface area (Å²) in [6, 6.07) is 3.01. The molecule has 1 aromatic rings. The SMILES string of the molecule is NCC#Cc1cccnc1C(=O)NCC(F)(F)F. The van der Waals surface area contributed by atoms with Crippen molar-refractivity contribution in [1.82, 2.24) is 10.3 Å². The van der Waals surface area contributed by atoms with Gasteiger partial charge in [0.1, 0.15) is 12.2 Å². The van der Waals surface area contributed by atoms with E-state index in [0.717, 1.165) is 0 Å². The van der Waals surface area contributed by atoms with E-state index in [0.29, 0.717) is 0 Å². The largest absolute Gasteiger partial charge is 0.405 e. The molecule has 0 bridgehead atoms. The van der Waals surface area contributed by atoms with E-state index in [1.165, 1.54) is 18.3 Å². The lowest BCUT2D eigenvalue weighted by Crippen LogP contribution is -2.34. The molecule has 0 aliphatic carbocycles. The first kappa shape index (κ1) is 14.0. The summed E-state index contributed by atoms with van der Waals surface area (Å²) in [7, 11) is 0. The van der Waals surface area contributed by atoms with Crippen LogP contribution in [0.3, 0.4) is 0 Å². The summed E-state index contributed by atoms with van der Waals surface area (Å²) in [5.41, 5.74) is 5.26. The molecule has 0 saturated carbocycles. The first-order valence-corrected chi connectivity index (χ1v) is 4.93. The van der Waals surface area contributed by atoms with Gasteiger partial charge < -0.3 is 11.1 Å². The maximum atomic E-state index is 12.0. The van der Waals surface area contributed by atoms with Crippen LogP contribution in [-0.4, -0.2) is 30.2 Å². The predicted molar refractivity (Wildman–Crippen MR) is 58.6 cm³/mol. The molecular formula is C11H10F3N3O. The molecule has 4 nitrogen and oxygen atoms in total. The number of rotatable bonds is 2. The van der Waals surface area contributed by atoms with Crippen molar-refractivity contribution in [2.75, 3.05) is 13.1 Å². The molecule has 1 aromatic heterocycles. The lowest BCUT2D eigenvalue weighted by atomic mass is 10.2. The highest BCUT2D eigenvalue weighted by Crippen LogP contribution is 2.13. The number of aromatic nitrogens is 1. The lowest BCUT2D eigenvalue weighted by Gasteiger charge is -2.08. The molecule has 7 heteroatoms. The Hall–Kier alpha value is -2.07. The van der Waals surface area contributed by atoms with Gasteiger partial charge >= 0.3 is 6.18 Å². The average molecular weight is 257 g/mol. The molecule has 0 saturated heterocycles. The van der Waals surface area contributed by atoms with Crippen molar-refractivity contribution in [3.8, 4) is 11.8 Å². The maximum absolute atomic E-state index is 12.0. The Morgan fingerprint density at radius 3 is 2.83 bits per heavy atom. The summed E-state index contributed by atoms with van der Waals surface area (Å²) < 4.78 is 35.9. The van der Waals surface area contributed by atoms with Gasteiger partial charge in [0.15, 0.2) is 0 Å². The van der Waals surface area contributed by atoms with Crippen LogP contribution in [0.4, 0.5) is 13.2 Å². The van der Waals surface area contributed by atoms with Crippen LogP contribution in [-0.2, 0) is 0 Å². The molecule has 0 fully saturated rings. The second kappa shape index (κ2) is 6.02. The molecule has 1 heterocycles. The van der Waals surface area contributed by atoms with Crippen molar-refractivity contribution in [2.45, 2.75) is 6.18 Å². The van der Waals surface area contributed by atoms with Gasteiger partial charge in [0.25, 0.3) is 5.91 Å². The second-order valence-electron chi connectivity index (χ2n) is 3.20. The Bertz CT molecular complexity index is 488. The molecule has 0 aliphatic rings. The molecule has 1 rings (SSSR count). The molecule has 0 unspecified atom stereocenters. The Balaban J connectivity index is 2.85. The zero-order valence-electron chi connectivity index (χ0n) is 9.21. The fourth-order valence-electron chi connectivity index (χ4n) is 1.10. The third kappa shape index (κ3) is 4.43. The number of halogens is 3. The van der Waals surface area contributed by atoms with Crippen LogP contribution >= 0.6 is 0 Å². The number of carbonyl (C=O) groups excluding carboxylic acids is 1. The van der Waals surface area contributed by atoms with Crippen LogP contribution in [0.5, 0.6) is 0 Å². The van der Waals surface area contributed by atoms with E-state index < -0.39 is 18.6 Å². The quantitative estimate of drug-likeness (QED) is 0.766. The molecule has 0 aliphatic heterocycles. The fraction of sp³-hybridized carbons (Fsp3) is 0.273. The van der Waals surface area contributed by atoms with Crippen molar-refractivity contribution in [3.63, 3.8) is 0 Å². The van der Waals surface area contributed by atoms with E-state index in [1.807, 2.05) is 0 Å². The van der Waals surface area contributed by atoms with Crippen LogP contribution in [0.2, 0.25) is 0 Å². The molecule has 0 spiro atoms. The first-order valence-electron chi connectivity index (χ1n) is 4.93. The topological polar surface area (TPSA) is 68.0 Å². The first-order chi connectivity index (χ1) is 8.44. The lowest BCUT2D eigenvalue weighted by molar-refractivity contribution is -0.123. The number of nitrogens with one attached hydrogen (secondary N) is 1. The van der Waals surface area contributed by atoms with Gasteiger partial charge in [0.2, 0.25) is 0 Å². The summed E-state index contributed by atoms with van der Waals surface area (Å²) in [5, 5.41) is 1.73. The number of nitrogens with zero attached hydrogens (tertiary/aromatic N) is 1. The number of amides is 1. The molecule has 96 valence electrons. The van der Waals surface area contributed by atoms with Gasteiger partial charge in [-0.05, 0) is 12.1 Å². The average Bonchev–Trinajstić information content (AvgIpc) is 2.33. The molecule has 1 amide bonds. The number of hydrogen-bond acceptors (Lipinski definition) is 3. The van der Waals surface area contributed by atoms with Crippen LogP contribution in [0.1, 0.15) is 16.1 Å². The number of carbonyl (C=O) groups is 1. The van der Waals surface area contributed by atoms with Crippen molar-refractivity contribution in [3.05, 3.63) is 29.6 Å². The van der Waals surface area contributed by atoms with E-state index in [1.54, 1.807) is 5.32 Å². The smallest absolute Gasteiger partial charge is 0.342 e. The highest BCUT2D eigenvalue weighted by atomic mass is 19.4. The monoisotopic (exact) mass is 257 g/mol. The number of hydrogen-bond donors (Lipinski definition) is 2. The van der Waals surface area contributed by atoms with Gasteiger partial charge in [-0.1, -0.05) is 11.8 Å². The maximum Gasteiger partial charge on any atom is 0.405 e. The predicted octanol–water partition coefficient (Wildman–Crippen LogP) is 0.684. The van der Waals surface area contributed by atoms with Crippen molar-refractivity contribution in [2.24, 2.45) is 5.73 Å². The number of alkyl halides is 3. The zero-order chi connectivity index (χ0) is 13.6. The summed E-state index contributed by atoms with van der Waals surface area (Å²) in [6.07, 6.45) is -3.16. The van der Waals surface area contributed by atoms with Crippen molar-refractivity contribution >= 4 is 5.91 Å². The minimum absolute atomic E-state index is 0.0818. The molecule has 0 aromatic carbocycles. The van der Waals surface area contributed by atoms with E-state index in [9.17, 15) is 18.0 Å². The third-order valence-corrected chi connectivity index (χ3v) is 1.80. The number of pyridine rings is 1. The normalized spacial score (nSPS) is 10.4. The highest BCUT2D eigenvalue weighted by molar-refractivity contribution is 5.94. The molecule has 0 radical (unpaired) electrons. The van der Waals surface area contributed by atoms with Crippen LogP contribution in [0.15, 0.2) is 18.3 Å².